The van der Waals surface area contributed by atoms with Gasteiger partial charge in [-0.1, -0.05) is 13.3 Å². The van der Waals surface area contributed by atoms with Crippen molar-refractivity contribution < 1.29 is 22.0 Å². The Morgan fingerprint density at radius 3 is 2.62 bits per heavy atom. The zero-order valence-electron chi connectivity index (χ0n) is 11.0. The van der Waals surface area contributed by atoms with E-state index < -0.39 is 38.0 Å². The molecule has 2 unspecified atom stereocenters. The van der Waals surface area contributed by atoms with E-state index in [2.05, 4.69) is 21.2 Å². The summed E-state index contributed by atoms with van der Waals surface area (Å²) < 4.78 is 50.3. The zero-order chi connectivity index (χ0) is 15.9. The molecule has 2 atom stereocenters. The molecule has 0 aliphatic heterocycles. The maximum atomic E-state index is 14.2. The van der Waals surface area contributed by atoms with Gasteiger partial charge in [-0.25, -0.2) is 22.3 Å². The highest BCUT2D eigenvalue weighted by molar-refractivity contribution is 9.10. The van der Waals surface area contributed by atoms with Crippen molar-refractivity contribution in [2.24, 2.45) is 11.1 Å². The minimum atomic E-state index is -4.43. The Morgan fingerprint density at radius 2 is 2.14 bits per heavy atom. The predicted octanol–water partition coefficient (Wildman–Crippen LogP) is 1.90. The number of rotatable bonds is 4. The normalized spacial score (nSPS) is 21.2. The van der Waals surface area contributed by atoms with Crippen LogP contribution >= 0.6 is 15.9 Å². The highest BCUT2D eigenvalue weighted by Crippen LogP contribution is 2.34. The number of amides is 1. The quantitative estimate of drug-likeness (QED) is 0.833. The summed E-state index contributed by atoms with van der Waals surface area (Å²) in [5, 5.41) is 7.36. The molecule has 116 valence electrons. The fraction of sp³-hybridized carbons (Fsp3) is 0.417. The lowest BCUT2D eigenvalue weighted by Gasteiger charge is -2.11. The molecule has 9 heteroatoms. The largest absolute Gasteiger partial charge is 0.349 e. The molecule has 21 heavy (non-hydrogen) atoms. The molecule has 1 fully saturated rings. The van der Waals surface area contributed by atoms with Crippen LogP contribution in [0, 0.1) is 17.6 Å². The second-order valence-electron chi connectivity index (χ2n) is 4.89. The first-order valence-corrected chi connectivity index (χ1v) is 8.51. The first-order chi connectivity index (χ1) is 9.66. The van der Waals surface area contributed by atoms with E-state index in [0.717, 1.165) is 12.8 Å². The van der Waals surface area contributed by atoms with Crippen molar-refractivity contribution in [1.82, 2.24) is 5.32 Å². The fourth-order valence-electron chi connectivity index (χ4n) is 2.16. The third kappa shape index (κ3) is 3.24. The molecular formula is C12H13BrF2N2O3S. The van der Waals surface area contributed by atoms with Gasteiger partial charge in [-0.05, 0) is 34.3 Å². The molecular weight excluding hydrogens is 370 g/mol. The Hall–Kier alpha value is -1.06. The number of primary sulfonamides is 1. The summed E-state index contributed by atoms with van der Waals surface area (Å²) in [6.07, 6.45) is 1.59. The molecule has 0 spiro atoms. The third-order valence-corrected chi connectivity index (χ3v) is 5.26. The first kappa shape index (κ1) is 16.3. The molecule has 1 amide bonds. The van der Waals surface area contributed by atoms with Crippen LogP contribution in [0.15, 0.2) is 15.4 Å². The van der Waals surface area contributed by atoms with Crippen molar-refractivity contribution in [2.75, 3.05) is 0 Å². The van der Waals surface area contributed by atoms with Gasteiger partial charge in [0.1, 0.15) is 16.3 Å². The summed E-state index contributed by atoms with van der Waals surface area (Å²) in [4.78, 5) is 11.0. The second kappa shape index (κ2) is 5.62. The van der Waals surface area contributed by atoms with Gasteiger partial charge in [0.25, 0.3) is 5.91 Å². The van der Waals surface area contributed by atoms with Gasteiger partial charge in [0.15, 0.2) is 5.82 Å². The van der Waals surface area contributed by atoms with Gasteiger partial charge in [0.05, 0.1) is 0 Å². The third-order valence-electron chi connectivity index (χ3n) is 3.40. The van der Waals surface area contributed by atoms with Crippen molar-refractivity contribution in [2.45, 2.75) is 30.7 Å². The Labute approximate surface area is 129 Å². The Morgan fingerprint density at radius 1 is 1.52 bits per heavy atom. The van der Waals surface area contributed by atoms with Crippen molar-refractivity contribution in [1.29, 1.82) is 0 Å². The topological polar surface area (TPSA) is 89.3 Å². The lowest BCUT2D eigenvalue weighted by molar-refractivity contribution is 0.0940. The van der Waals surface area contributed by atoms with Crippen LogP contribution in [-0.2, 0) is 10.0 Å². The van der Waals surface area contributed by atoms with Gasteiger partial charge in [0.2, 0.25) is 10.0 Å². The Bertz CT molecular complexity index is 709. The van der Waals surface area contributed by atoms with Crippen LogP contribution in [0.5, 0.6) is 0 Å². The molecule has 3 N–H and O–H groups in total. The number of carbonyl (C=O) groups excluding carboxylic acids is 1. The maximum absolute atomic E-state index is 14.2. The number of halogens is 3. The Kier molecular flexibility index (Phi) is 4.36. The lowest BCUT2D eigenvalue weighted by atomic mass is 10.2. The zero-order valence-corrected chi connectivity index (χ0v) is 13.4. The summed E-state index contributed by atoms with van der Waals surface area (Å²) >= 11 is 2.73. The summed E-state index contributed by atoms with van der Waals surface area (Å²) in [5.74, 6) is -3.34. The van der Waals surface area contributed by atoms with Crippen molar-refractivity contribution in [3.8, 4) is 0 Å². The summed E-state index contributed by atoms with van der Waals surface area (Å²) in [5.41, 5.74) is -0.941. The Balaban J connectivity index is 2.42. The summed E-state index contributed by atoms with van der Waals surface area (Å²) in [6, 6.07) is 0.574. The van der Waals surface area contributed by atoms with Gasteiger partial charge in [-0.3, -0.25) is 4.79 Å². The van der Waals surface area contributed by atoms with Crippen molar-refractivity contribution in [3.05, 3.63) is 27.7 Å². The molecule has 1 aliphatic rings. The van der Waals surface area contributed by atoms with Gasteiger partial charge >= 0.3 is 0 Å². The van der Waals surface area contributed by atoms with Crippen LogP contribution in [-0.4, -0.2) is 20.4 Å². The smallest absolute Gasteiger partial charge is 0.257 e. The monoisotopic (exact) mass is 382 g/mol. The highest BCUT2D eigenvalue weighted by atomic mass is 79.9. The number of nitrogens with two attached hydrogens (primary N) is 1. The number of hydrogen-bond acceptors (Lipinski definition) is 3. The molecule has 1 aromatic rings. The number of nitrogens with one attached hydrogen (secondary N) is 1. The molecule has 0 bridgehead atoms. The molecule has 0 saturated heterocycles. The molecule has 1 saturated carbocycles. The molecule has 0 radical (unpaired) electrons. The number of hydrogen-bond donors (Lipinski definition) is 2. The van der Waals surface area contributed by atoms with Crippen LogP contribution in [0.25, 0.3) is 0 Å². The standard InChI is InChI=1S/C12H13BrF2N2O3S/c1-2-5-3-8(5)17-12(18)9-7(14)4-6(13)11(10(9)15)21(16,19)20/h4-5,8H,2-3H2,1H3,(H,17,18)(H2,16,19,20). The molecule has 0 aromatic heterocycles. The van der Waals surface area contributed by atoms with Crippen molar-refractivity contribution in [3.63, 3.8) is 0 Å². The molecule has 1 aliphatic carbocycles. The SMILES string of the molecule is CCC1CC1NC(=O)c1c(F)cc(Br)c(S(N)(=O)=O)c1F. The molecule has 2 rings (SSSR count). The minimum Gasteiger partial charge on any atom is -0.349 e. The predicted molar refractivity (Wildman–Crippen MR) is 75.1 cm³/mol. The average molecular weight is 383 g/mol. The maximum Gasteiger partial charge on any atom is 0.257 e. The van der Waals surface area contributed by atoms with E-state index in [9.17, 15) is 22.0 Å². The summed E-state index contributed by atoms with van der Waals surface area (Å²) in [6.45, 7) is 1.94. The van der Waals surface area contributed by atoms with Crippen LogP contribution < -0.4 is 10.5 Å². The van der Waals surface area contributed by atoms with E-state index in [1.165, 1.54) is 0 Å². The fourth-order valence-corrected chi connectivity index (χ4v) is 3.89. The molecule has 1 aromatic carbocycles. The summed E-state index contributed by atoms with van der Waals surface area (Å²) in [7, 11) is -4.43. The highest BCUT2D eigenvalue weighted by Gasteiger charge is 2.38. The first-order valence-electron chi connectivity index (χ1n) is 6.18. The van der Waals surface area contributed by atoms with E-state index in [1.807, 2.05) is 6.92 Å². The number of sulfonamides is 1. The van der Waals surface area contributed by atoms with Crippen molar-refractivity contribution >= 4 is 31.9 Å². The van der Waals surface area contributed by atoms with Gasteiger partial charge in [-0.2, -0.15) is 0 Å². The van der Waals surface area contributed by atoms with E-state index in [1.54, 1.807) is 0 Å². The lowest BCUT2D eigenvalue weighted by Crippen LogP contribution is -2.29. The van der Waals surface area contributed by atoms with Crippen LogP contribution in [0.3, 0.4) is 0 Å². The van der Waals surface area contributed by atoms with Crippen LogP contribution in [0.1, 0.15) is 30.1 Å². The van der Waals surface area contributed by atoms with Gasteiger partial charge in [0, 0.05) is 10.5 Å². The van der Waals surface area contributed by atoms with E-state index >= 15 is 0 Å². The molecule has 0 heterocycles. The second-order valence-corrected chi connectivity index (χ2v) is 7.24. The van der Waals surface area contributed by atoms with Gasteiger partial charge in [-0.15, -0.1) is 0 Å². The minimum absolute atomic E-state index is 0.136. The van der Waals surface area contributed by atoms with E-state index in [-0.39, 0.29) is 16.4 Å². The number of carbonyl (C=O) groups is 1. The van der Waals surface area contributed by atoms with Gasteiger partial charge < -0.3 is 5.32 Å². The van der Waals surface area contributed by atoms with E-state index in [4.69, 9.17) is 5.14 Å². The average Bonchev–Trinajstić information content (AvgIpc) is 3.04. The molecule has 5 nitrogen and oxygen atoms in total. The number of benzene rings is 1. The van der Waals surface area contributed by atoms with Crippen LogP contribution in [0.2, 0.25) is 0 Å². The van der Waals surface area contributed by atoms with Crippen LogP contribution in [0.4, 0.5) is 8.78 Å². The van der Waals surface area contributed by atoms with E-state index in [0.29, 0.717) is 6.07 Å².